The molecule has 4 saturated carbocycles. The van der Waals surface area contributed by atoms with E-state index in [9.17, 15) is 0 Å². The normalized spacial score (nSPS) is 42.7. The molecule has 0 spiro atoms. The van der Waals surface area contributed by atoms with E-state index >= 15 is 0 Å². The Morgan fingerprint density at radius 3 is 2.33 bits per heavy atom. The van der Waals surface area contributed by atoms with E-state index in [1.165, 1.54) is 37.0 Å². The number of hydrogen-bond acceptors (Lipinski definition) is 3. The topological polar surface area (TPSA) is 29.3 Å². The highest BCUT2D eigenvalue weighted by Crippen LogP contribution is 2.60. The summed E-state index contributed by atoms with van der Waals surface area (Å²) in [5.74, 6) is 3.70. The smallest absolute Gasteiger partial charge is 0.0416 e. The molecule has 0 amide bonds. The molecule has 0 aliphatic heterocycles. The molecule has 1 aromatic heterocycles. The minimum atomic E-state index is 0.261. The van der Waals surface area contributed by atoms with Crippen LogP contribution in [-0.4, -0.2) is 24.0 Å². The maximum Gasteiger partial charge on any atom is 0.0416 e. The molecule has 4 aliphatic carbocycles. The number of thiophene rings is 1. The lowest BCUT2D eigenvalue weighted by molar-refractivity contribution is -0.134. The van der Waals surface area contributed by atoms with E-state index in [-0.39, 0.29) is 5.54 Å². The molecule has 3 heteroatoms. The molecule has 2 N–H and O–H groups in total. The zero-order valence-corrected chi connectivity index (χ0v) is 14.1. The van der Waals surface area contributed by atoms with Gasteiger partial charge in [0, 0.05) is 23.0 Å². The van der Waals surface area contributed by atoms with Gasteiger partial charge in [0.05, 0.1) is 0 Å². The van der Waals surface area contributed by atoms with Crippen LogP contribution in [0.15, 0.2) is 17.5 Å². The Labute approximate surface area is 132 Å². The summed E-state index contributed by atoms with van der Waals surface area (Å²) >= 11 is 1.89. The van der Waals surface area contributed by atoms with Gasteiger partial charge < -0.3 is 5.73 Å². The number of rotatable bonds is 4. The van der Waals surface area contributed by atoms with Gasteiger partial charge in [0.2, 0.25) is 0 Å². The van der Waals surface area contributed by atoms with Gasteiger partial charge in [-0.15, -0.1) is 11.3 Å². The molecular formula is C18H28N2S. The van der Waals surface area contributed by atoms with E-state index in [4.69, 9.17) is 5.73 Å². The van der Waals surface area contributed by atoms with E-state index < -0.39 is 0 Å². The van der Waals surface area contributed by atoms with Crippen LogP contribution in [0, 0.1) is 23.7 Å². The number of nitrogens with zero attached hydrogens (tertiary/aromatic N) is 1. The van der Waals surface area contributed by atoms with Crippen molar-refractivity contribution < 1.29 is 0 Å². The van der Waals surface area contributed by atoms with Crippen LogP contribution in [0.2, 0.25) is 0 Å². The van der Waals surface area contributed by atoms with Crippen LogP contribution in [0.1, 0.15) is 49.9 Å². The van der Waals surface area contributed by atoms with Crippen molar-refractivity contribution in [1.82, 2.24) is 4.90 Å². The molecule has 4 aliphatic rings. The summed E-state index contributed by atoms with van der Waals surface area (Å²) in [4.78, 5) is 4.16. The quantitative estimate of drug-likeness (QED) is 0.914. The third-order valence-corrected chi connectivity index (χ3v) is 8.11. The van der Waals surface area contributed by atoms with Gasteiger partial charge in [-0.3, -0.25) is 4.90 Å². The zero-order valence-electron chi connectivity index (χ0n) is 13.3. The summed E-state index contributed by atoms with van der Waals surface area (Å²) < 4.78 is 0. The Balaban J connectivity index is 1.67. The average molecular weight is 305 g/mol. The Kier molecular flexibility index (Phi) is 3.44. The first-order valence-electron chi connectivity index (χ1n) is 8.61. The monoisotopic (exact) mass is 304 g/mol. The summed E-state index contributed by atoms with van der Waals surface area (Å²) in [6.45, 7) is 3.21. The van der Waals surface area contributed by atoms with Gasteiger partial charge >= 0.3 is 0 Å². The van der Waals surface area contributed by atoms with Crippen LogP contribution < -0.4 is 5.73 Å². The van der Waals surface area contributed by atoms with Gasteiger partial charge in [0.25, 0.3) is 0 Å². The van der Waals surface area contributed by atoms with Crippen molar-refractivity contribution in [3.8, 4) is 0 Å². The first-order valence-corrected chi connectivity index (χ1v) is 9.49. The fourth-order valence-corrected chi connectivity index (χ4v) is 6.96. The second-order valence-electron chi connectivity index (χ2n) is 7.80. The molecule has 1 unspecified atom stereocenters. The summed E-state index contributed by atoms with van der Waals surface area (Å²) in [5.41, 5.74) is 6.70. The lowest BCUT2D eigenvalue weighted by atomic mass is 9.48. The van der Waals surface area contributed by atoms with Crippen molar-refractivity contribution in [2.24, 2.45) is 29.4 Å². The number of nitrogens with two attached hydrogens (primary N) is 1. The molecule has 1 heterocycles. The van der Waals surface area contributed by atoms with E-state index in [0.29, 0.717) is 6.04 Å². The average Bonchev–Trinajstić information content (AvgIpc) is 3.00. The van der Waals surface area contributed by atoms with Crippen LogP contribution in [0.3, 0.4) is 0 Å². The van der Waals surface area contributed by atoms with Crippen molar-refractivity contribution in [3.63, 3.8) is 0 Å². The van der Waals surface area contributed by atoms with Crippen molar-refractivity contribution in [2.75, 3.05) is 13.6 Å². The SMILES string of the molecule is CC(c1cccs1)N(C)C1(CN)C2CC3CC(C2)CC1C3. The maximum absolute atomic E-state index is 6.44. The molecule has 5 rings (SSSR count). The molecule has 2 nitrogen and oxygen atoms in total. The van der Waals surface area contributed by atoms with Gasteiger partial charge in [-0.25, -0.2) is 0 Å². The lowest BCUT2D eigenvalue weighted by Crippen LogP contribution is -2.68. The van der Waals surface area contributed by atoms with Crippen molar-refractivity contribution in [2.45, 2.75) is 50.6 Å². The Bertz CT molecular complexity index is 467. The standard InChI is InChI=1S/C18H28N2S/c1-12(17-4-3-5-21-17)20(2)18(11-19)15-7-13-6-14(9-15)10-16(18)8-13/h3-5,12-16H,6-11,19H2,1-2H3. The third-order valence-electron chi connectivity index (χ3n) is 7.07. The molecule has 116 valence electrons. The molecule has 4 bridgehead atoms. The Morgan fingerprint density at radius 2 is 1.86 bits per heavy atom. The van der Waals surface area contributed by atoms with Crippen molar-refractivity contribution in [3.05, 3.63) is 22.4 Å². The first kappa shape index (κ1) is 14.2. The molecule has 0 radical (unpaired) electrons. The molecule has 0 aromatic carbocycles. The summed E-state index contributed by atoms with van der Waals surface area (Å²) in [5, 5.41) is 2.20. The van der Waals surface area contributed by atoms with Gasteiger partial charge in [0.15, 0.2) is 0 Å². The number of likely N-dealkylation sites (N-methyl/N-ethyl adjacent to an activating group) is 1. The van der Waals surface area contributed by atoms with Crippen LogP contribution in [-0.2, 0) is 0 Å². The summed E-state index contributed by atoms with van der Waals surface area (Å²) in [7, 11) is 2.35. The Morgan fingerprint density at radius 1 is 1.24 bits per heavy atom. The molecule has 0 saturated heterocycles. The minimum Gasteiger partial charge on any atom is -0.329 e. The summed E-state index contributed by atoms with van der Waals surface area (Å²) in [6, 6.07) is 4.95. The van der Waals surface area contributed by atoms with Crippen LogP contribution in [0.4, 0.5) is 0 Å². The largest absolute Gasteiger partial charge is 0.329 e. The highest BCUT2D eigenvalue weighted by atomic mass is 32.1. The van der Waals surface area contributed by atoms with Crippen molar-refractivity contribution >= 4 is 11.3 Å². The maximum atomic E-state index is 6.44. The summed E-state index contributed by atoms with van der Waals surface area (Å²) in [6.07, 6.45) is 7.26. The molecular weight excluding hydrogens is 276 g/mol. The van der Waals surface area contributed by atoms with Gasteiger partial charge in [-0.1, -0.05) is 6.07 Å². The molecule has 1 aromatic rings. The zero-order chi connectivity index (χ0) is 14.6. The predicted octanol–water partition coefficient (Wildman–Crippen LogP) is 3.89. The predicted molar refractivity (Wildman–Crippen MR) is 89.3 cm³/mol. The highest BCUT2D eigenvalue weighted by molar-refractivity contribution is 7.10. The van der Waals surface area contributed by atoms with E-state index in [0.717, 1.165) is 30.2 Å². The highest BCUT2D eigenvalue weighted by Gasteiger charge is 2.58. The van der Waals surface area contributed by atoms with E-state index in [1.54, 1.807) is 0 Å². The molecule has 21 heavy (non-hydrogen) atoms. The van der Waals surface area contributed by atoms with Gasteiger partial charge in [-0.05, 0) is 81.2 Å². The van der Waals surface area contributed by atoms with Gasteiger partial charge in [-0.2, -0.15) is 0 Å². The van der Waals surface area contributed by atoms with Crippen LogP contribution in [0.5, 0.6) is 0 Å². The van der Waals surface area contributed by atoms with E-state index in [2.05, 4.69) is 36.4 Å². The molecule has 4 fully saturated rings. The lowest BCUT2D eigenvalue weighted by Gasteiger charge is -2.64. The van der Waals surface area contributed by atoms with Crippen molar-refractivity contribution in [1.29, 1.82) is 0 Å². The third kappa shape index (κ3) is 1.97. The fraction of sp³-hybridized carbons (Fsp3) is 0.778. The Hall–Kier alpha value is -0.380. The fourth-order valence-electron chi connectivity index (χ4n) is 6.13. The minimum absolute atomic E-state index is 0.261. The van der Waals surface area contributed by atoms with Crippen LogP contribution in [0.25, 0.3) is 0 Å². The molecule has 1 atom stereocenters. The van der Waals surface area contributed by atoms with Crippen LogP contribution >= 0.6 is 11.3 Å². The first-order chi connectivity index (χ1) is 10.1. The second-order valence-corrected chi connectivity index (χ2v) is 8.78. The van der Waals surface area contributed by atoms with E-state index in [1.807, 2.05) is 11.3 Å². The number of hydrogen-bond donors (Lipinski definition) is 1. The second kappa shape index (κ2) is 5.07. The van der Waals surface area contributed by atoms with Gasteiger partial charge in [0.1, 0.15) is 0 Å².